The van der Waals surface area contributed by atoms with Gasteiger partial charge >= 0.3 is 0 Å². The maximum Gasteiger partial charge on any atom is 0.0360 e. The van der Waals surface area contributed by atoms with Gasteiger partial charge in [-0.1, -0.05) is 19.8 Å². The van der Waals surface area contributed by atoms with Gasteiger partial charge in [-0.25, -0.2) is 0 Å². The van der Waals surface area contributed by atoms with Gasteiger partial charge in [0.05, 0.1) is 0 Å². The molecule has 0 aliphatic heterocycles. The van der Waals surface area contributed by atoms with Gasteiger partial charge in [-0.05, 0) is 61.3 Å². The lowest BCUT2D eigenvalue weighted by Gasteiger charge is -2.49. The highest BCUT2D eigenvalue weighted by molar-refractivity contribution is 9.10. The average Bonchev–Trinajstić information content (AvgIpc) is 2.74. The summed E-state index contributed by atoms with van der Waals surface area (Å²) in [5.74, 6) is 0.789. The molecule has 1 heterocycles. The van der Waals surface area contributed by atoms with Crippen molar-refractivity contribution in [3.8, 4) is 0 Å². The molecule has 0 saturated heterocycles. The minimum absolute atomic E-state index is 0.175. The first-order valence-corrected chi connectivity index (χ1v) is 8.77. The monoisotopic (exact) mass is 344 g/mol. The van der Waals surface area contributed by atoms with E-state index in [0.717, 1.165) is 12.3 Å². The predicted octanol–water partition coefficient (Wildman–Crippen LogP) is 3.89. The smallest absolute Gasteiger partial charge is 0.0360 e. The maximum atomic E-state index is 6.64. The Morgan fingerprint density at radius 2 is 2.32 bits per heavy atom. The molecule has 0 amide bonds. The third kappa shape index (κ3) is 3.41. The molecule has 1 aromatic heterocycles. The summed E-state index contributed by atoms with van der Waals surface area (Å²) < 4.78 is 1.18. The third-order valence-electron chi connectivity index (χ3n) is 4.63. The van der Waals surface area contributed by atoms with Crippen molar-refractivity contribution in [3.05, 3.63) is 20.8 Å². The first-order chi connectivity index (χ1) is 8.94. The van der Waals surface area contributed by atoms with Gasteiger partial charge in [0.15, 0.2) is 0 Å². The normalized spacial score (nSPS) is 29.7. The molecule has 2 nitrogen and oxygen atoms in total. The summed E-state index contributed by atoms with van der Waals surface area (Å²) in [6.07, 6.45) is 6.11. The standard InChI is InChI=1S/C15H25BrN2S/c1-11-5-4-6-15(9-11,18(2)3)14(17)8-13-7-12(16)10-19-13/h7,10-11,14H,4-6,8-9,17H2,1-3H3. The Morgan fingerprint density at radius 1 is 1.58 bits per heavy atom. The first kappa shape index (κ1) is 15.5. The lowest BCUT2D eigenvalue weighted by Crippen LogP contribution is -2.60. The Labute approximate surface area is 129 Å². The molecule has 19 heavy (non-hydrogen) atoms. The highest BCUT2D eigenvalue weighted by Crippen LogP contribution is 2.38. The number of nitrogens with zero attached hydrogens (tertiary/aromatic N) is 1. The highest BCUT2D eigenvalue weighted by Gasteiger charge is 2.41. The third-order valence-corrected chi connectivity index (χ3v) is 6.35. The summed E-state index contributed by atoms with van der Waals surface area (Å²) in [7, 11) is 4.39. The van der Waals surface area contributed by atoms with Crippen molar-refractivity contribution >= 4 is 27.3 Å². The Balaban J connectivity index is 2.14. The highest BCUT2D eigenvalue weighted by atomic mass is 79.9. The van der Waals surface area contributed by atoms with Crippen molar-refractivity contribution in [2.75, 3.05) is 14.1 Å². The molecule has 0 aromatic carbocycles. The molecule has 0 spiro atoms. The van der Waals surface area contributed by atoms with Crippen molar-refractivity contribution in [2.24, 2.45) is 11.7 Å². The Hall–Kier alpha value is 0.1000. The Morgan fingerprint density at radius 3 is 2.84 bits per heavy atom. The zero-order valence-corrected chi connectivity index (χ0v) is 14.6. The quantitative estimate of drug-likeness (QED) is 0.897. The largest absolute Gasteiger partial charge is 0.326 e. The van der Waals surface area contributed by atoms with Gasteiger partial charge in [-0.3, -0.25) is 0 Å². The van der Waals surface area contributed by atoms with Crippen LogP contribution in [0.15, 0.2) is 15.9 Å². The number of hydrogen-bond donors (Lipinski definition) is 1. The van der Waals surface area contributed by atoms with Crippen LogP contribution in [0.4, 0.5) is 0 Å². The number of hydrogen-bond acceptors (Lipinski definition) is 3. The van der Waals surface area contributed by atoms with Gasteiger partial charge in [-0.2, -0.15) is 0 Å². The van der Waals surface area contributed by atoms with Crippen LogP contribution in [-0.2, 0) is 6.42 Å². The summed E-state index contributed by atoms with van der Waals surface area (Å²) in [6.45, 7) is 2.37. The molecule has 1 saturated carbocycles. The lowest BCUT2D eigenvalue weighted by atomic mass is 9.70. The molecule has 2 rings (SSSR count). The Bertz CT molecular complexity index is 418. The second-order valence-electron chi connectivity index (χ2n) is 6.24. The predicted molar refractivity (Wildman–Crippen MR) is 87.7 cm³/mol. The molecule has 3 unspecified atom stereocenters. The van der Waals surface area contributed by atoms with Gasteiger partial charge < -0.3 is 10.6 Å². The molecular formula is C15H25BrN2S. The van der Waals surface area contributed by atoms with Crippen molar-refractivity contribution in [1.82, 2.24) is 4.90 Å². The van der Waals surface area contributed by atoms with E-state index in [1.165, 1.54) is 35.0 Å². The van der Waals surface area contributed by atoms with E-state index < -0.39 is 0 Å². The van der Waals surface area contributed by atoms with E-state index in [2.05, 4.69) is 53.3 Å². The van der Waals surface area contributed by atoms with Gasteiger partial charge in [0, 0.05) is 26.3 Å². The summed E-state index contributed by atoms with van der Waals surface area (Å²) in [6, 6.07) is 2.43. The van der Waals surface area contributed by atoms with Crippen molar-refractivity contribution < 1.29 is 0 Å². The maximum absolute atomic E-state index is 6.64. The van der Waals surface area contributed by atoms with Crippen LogP contribution in [0, 0.1) is 5.92 Å². The van der Waals surface area contributed by atoms with E-state index in [0.29, 0.717) is 0 Å². The summed E-state index contributed by atoms with van der Waals surface area (Å²) >= 11 is 5.34. The van der Waals surface area contributed by atoms with E-state index in [1.807, 2.05) is 11.3 Å². The molecule has 0 bridgehead atoms. The molecule has 108 valence electrons. The number of rotatable bonds is 4. The van der Waals surface area contributed by atoms with Crippen LogP contribution in [0.5, 0.6) is 0 Å². The van der Waals surface area contributed by atoms with Crippen LogP contribution in [0.25, 0.3) is 0 Å². The van der Waals surface area contributed by atoms with Crippen LogP contribution in [0.1, 0.15) is 37.5 Å². The lowest BCUT2D eigenvalue weighted by molar-refractivity contribution is 0.0506. The number of halogens is 1. The molecule has 4 heteroatoms. The van der Waals surface area contributed by atoms with Gasteiger partial charge in [-0.15, -0.1) is 11.3 Å². The van der Waals surface area contributed by atoms with Crippen molar-refractivity contribution in [2.45, 2.75) is 50.6 Å². The average molecular weight is 345 g/mol. The minimum Gasteiger partial charge on any atom is -0.326 e. The van der Waals surface area contributed by atoms with Crippen LogP contribution in [0.2, 0.25) is 0 Å². The van der Waals surface area contributed by atoms with Gasteiger partial charge in [0.25, 0.3) is 0 Å². The zero-order valence-electron chi connectivity index (χ0n) is 12.2. The molecule has 3 atom stereocenters. The molecule has 0 radical (unpaired) electrons. The first-order valence-electron chi connectivity index (χ1n) is 7.10. The molecule has 1 aromatic rings. The molecule has 1 aliphatic rings. The van der Waals surface area contributed by atoms with Gasteiger partial charge in [0.1, 0.15) is 0 Å². The summed E-state index contributed by atoms with van der Waals surface area (Å²) in [5.41, 5.74) is 6.81. The summed E-state index contributed by atoms with van der Waals surface area (Å²) in [4.78, 5) is 3.77. The van der Waals surface area contributed by atoms with E-state index in [9.17, 15) is 0 Å². The topological polar surface area (TPSA) is 29.3 Å². The molecular weight excluding hydrogens is 320 g/mol. The van der Waals surface area contributed by atoms with Crippen LogP contribution in [0.3, 0.4) is 0 Å². The van der Waals surface area contributed by atoms with Crippen LogP contribution < -0.4 is 5.73 Å². The van der Waals surface area contributed by atoms with Crippen molar-refractivity contribution in [3.63, 3.8) is 0 Å². The second-order valence-corrected chi connectivity index (χ2v) is 8.15. The number of nitrogens with two attached hydrogens (primary N) is 1. The molecule has 1 aliphatic carbocycles. The number of thiophene rings is 1. The fraction of sp³-hybridized carbons (Fsp3) is 0.733. The SMILES string of the molecule is CC1CCCC(C(N)Cc2cc(Br)cs2)(N(C)C)C1. The second kappa shape index (κ2) is 6.25. The fourth-order valence-electron chi connectivity index (χ4n) is 3.51. The van der Waals surface area contributed by atoms with E-state index >= 15 is 0 Å². The molecule has 2 N–H and O–H groups in total. The Kier molecular flexibility index (Phi) is 5.09. The number of likely N-dealkylation sites (N-methyl/N-ethyl adjacent to an activating group) is 1. The van der Waals surface area contributed by atoms with Crippen LogP contribution >= 0.6 is 27.3 Å². The van der Waals surface area contributed by atoms with E-state index in [4.69, 9.17) is 5.73 Å². The fourth-order valence-corrected chi connectivity index (χ4v) is 5.02. The molecule has 1 fully saturated rings. The van der Waals surface area contributed by atoms with Crippen LogP contribution in [-0.4, -0.2) is 30.6 Å². The zero-order chi connectivity index (χ0) is 14.0. The van der Waals surface area contributed by atoms with Crippen molar-refractivity contribution in [1.29, 1.82) is 0 Å². The van der Waals surface area contributed by atoms with Gasteiger partial charge in [0.2, 0.25) is 0 Å². The van der Waals surface area contributed by atoms with E-state index in [1.54, 1.807) is 0 Å². The summed E-state index contributed by atoms with van der Waals surface area (Å²) in [5, 5.41) is 2.15. The minimum atomic E-state index is 0.175. The van der Waals surface area contributed by atoms with E-state index in [-0.39, 0.29) is 11.6 Å².